The molecule has 110 valence electrons. The Bertz CT molecular complexity index is 178. The quantitative estimate of drug-likeness (QED) is 0.645. The summed E-state index contributed by atoms with van der Waals surface area (Å²) in [7, 11) is 0. The van der Waals surface area contributed by atoms with E-state index in [0.717, 1.165) is 18.4 Å². The van der Waals surface area contributed by atoms with Gasteiger partial charge in [-0.05, 0) is 43.7 Å². The van der Waals surface area contributed by atoms with E-state index < -0.39 is 0 Å². The number of rotatable bonds is 10. The van der Waals surface area contributed by atoms with Gasteiger partial charge >= 0.3 is 0 Å². The number of nitrogens with two attached hydrogens (primary N) is 1. The number of hydrogen-bond donors (Lipinski definition) is 1. The normalized spacial score (nSPS) is 15.7. The summed E-state index contributed by atoms with van der Waals surface area (Å²) >= 11 is 0. The Morgan fingerprint density at radius 1 is 0.889 bits per heavy atom. The highest BCUT2D eigenvalue weighted by Gasteiger charge is 2.15. The van der Waals surface area contributed by atoms with Crippen molar-refractivity contribution in [2.45, 2.75) is 66.8 Å². The maximum Gasteiger partial charge on any atom is 0.0193 e. The van der Waals surface area contributed by atoms with E-state index >= 15 is 0 Å². The third kappa shape index (κ3) is 8.93. The van der Waals surface area contributed by atoms with E-state index in [9.17, 15) is 0 Å². The minimum Gasteiger partial charge on any atom is -0.326 e. The van der Waals surface area contributed by atoms with Crippen molar-refractivity contribution >= 4 is 0 Å². The first-order chi connectivity index (χ1) is 8.36. The summed E-state index contributed by atoms with van der Waals surface area (Å²) in [6, 6.07) is 0.328. The first-order valence-corrected chi connectivity index (χ1v) is 7.84. The first kappa shape index (κ1) is 17.9. The molecule has 2 atom stereocenters. The molecule has 0 aliphatic carbocycles. The van der Waals surface area contributed by atoms with E-state index in [1.807, 2.05) is 0 Å². The van der Waals surface area contributed by atoms with Gasteiger partial charge < -0.3 is 10.6 Å². The van der Waals surface area contributed by atoms with Crippen LogP contribution in [0.2, 0.25) is 0 Å². The van der Waals surface area contributed by atoms with Crippen molar-refractivity contribution in [3.63, 3.8) is 0 Å². The van der Waals surface area contributed by atoms with Crippen molar-refractivity contribution in [1.82, 2.24) is 4.90 Å². The fourth-order valence-corrected chi connectivity index (χ4v) is 1.96. The Balaban J connectivity index is 4.18. The Kier molecular flexibility index (Phi) is 9.76. The number of nitrogens with zero attached hydrogens (tertiary/aromatic N) is 1. The molecule has 0 rings (SSSR count). The minimum atomic E-state index is 0.328. The average molecular weight is 256 g/mol. The van der Waals surface area contributed by atoms with E-state index in [-0.39, 0.29) is 0 Å². The van der Waals surface area contributed by atoms with Crippen LogP contribution >= 0.6 is 0 Å². The SMILES string of the molecule is CCC(C)C(N)CN(CCC(C)C)CCC(C)C. The largest absolute Gasteiger partial charge is 0.326 e. The molecule has 0 aromatic heterocycles. The van der Waals surface area contributed by atoms with Gasteiger partial charge in [-0.3, -0.25) is 0 Å². The van der Waals surface area contributed by atoms with Gasteiger partial charge in [-0.1, -0.05) is 48.0 Å². The van der Waals surface area contributed by atoms with Crippen molar-refractivity contribution in [3.05, 3.63) is 0 Å². The van der Waals surface area contributed by atoms with Crippen LogP contribution in [-0.2, 0) is 0 Å². The maximum atomic E-state index is 6.30. The molecule has 2 N–H and O–H groups in total. The van der Waals surface area contributed by atoms with Crippen molar-refractivity contribution in [2.75, 3.05) is 19.6 Å². The first-order valence-electron chi connectivity index (χ1n) is 7.84. The Labute approximate surface area is 115 Å². The maximum absolute atomic E-state index is 6.30. The third-order valence-electron chi connectivity index (χ3n) is 3.89. The van der Waals surface area contributed by atoms with Gasteiger partial charge in [0.2, 0.25) is 0 Å². The molecule has 0 heterocycles. The lowest BCUT2D eigenvalue weighted by atomic mass is 9.99. The lowest BCUT2D eigenvalue weighted by Crippen LogP contribution is -2.42. The molecule has 18 heavy (non-hydrogen) atoms. The molecule has 0 aromatic rings. The molecule has 0 aliphatic rings. The van der Waals surface area contributed by atoms with Gasteiger partial charge in [-0.2, -0.15) is 0 Å². The van der Waals surface area contributed by atoms with Crippen molar-refractivity contribution in [2.24, 2.45) is 23.5 Å². The molecule has 0 aliphatic heterocycles. The second-order valence-electron chi connectivity index (χ2n) is 6.72. The second-order valence-corrected chi connectivity index (χ2v) is 6.72. The van der Waals surface area contributed by atoms with Crippen LogP contribution in [0.15, 0.2) is 0 Å². The summed E-state index contributed by atoms with van der Waals surface area (Å²) in [6.07, 6.45) is 3.75. The van der Waals surface area contributed by atoms with Gasteiger partial charge in [0.05, 0.1) is 0 Å². The van der Waals surface area contributed by atoms with Gasteiger partial charge in [-0.15, -0.1) is 0 Å². The zero-order valence-electron chi connectivity index (χ0n) is 13.6. The summed E-state index contributed by atoms with van der Waals surface area (Å²) in [5.74, 6) is 2.20. The molecule has 0 saturated heterocycles. The zero-order valence-corrected chi connectivity index (χ0v) is 13.6. The van der Waals surface area contributed by atoms with Crippen LogP contribution in [0.4, 0.5) is 0 Å². The zero-order chi connectivity index (χ0) is 14.1. The summed E-state index contributed by atoms with van der Waals surface area (Å²) in [4.78, 5) is 2.58. The predicted octanol–water partition coefficient (Wildman–Crippen LogP) is 3.75. The molecule has 0 fully saturated rings. The van der Waals surface area contributed by atoms with Crippen molar-refractivity contribution in [3.8, 4) is 0 Å². The molecular formula is C16H36N2. The molecule has 0 aromatic carbocycles. The lowest BCUT2D eigenvalue weighted by molar-refractivity contribution is 0.211. The summed E-state index contributed by atoms with van der Waals surface area (Å²) in [5.41, 5.74) is 6.30. The summed E-state index contributed by atoms with van der Waals surface area (Å²) in [6.45, 7) is 17.2. The summed E-state index contributed by atoms with van der Waals surface area (Å²) < 4.78 is 0. The molecule has 2 nitrogen and oxygen atoms in total. The van der Waals surface area contributed by atoms with Gasteiger partial charge in [0, 0.05) is 12.6 Å². The van der Waals surface area contributed by atoms with E-state index in [4.69, 9.17) is 5.73 Å². The molecule has 0 amide bonds. The standard InChI is InChI=1S/C16H36N2/c1-7-15(6)16(17)12-18(10-8-13(2)3)11-9-14(4)5/h13-16H,7-12,17H2,1-6H3. The smallest absolute Gasteiger partial charge is 0.0193 e. The van der Waals surface area contributed by atoms with Crippen LogP contribution in [0.1, 0.15) is 60.8 Å². The van der Waals surface area contributed by atoms with Gasteiger partial charge in [-0.25, -0.2) is 0 Å². The van der Waals surface area contributed by atoms with E-state index in [1.165, 1.54) is 32.4 Å². The van der Waals surface area contributed by atoms with E-state index in [1.54, 1.807) is 0 Å². The molecule has 2 unspecified atom stereocenters. The fourth-order valence-electron chi connectivity index (χ4n) is 1.96. The molecule has 2 heteroatoms. The number of hydrogen-bond acceptors (Lipinski definition) is 2. The van der Waals surface area contributed by atoms with Gasteiger partial charge in [0.1, 0.15) is 0 Å². The second kappa shape index (κ2) is 9.80. The molecule has 0 saturated carbocycles. The summed E-state index contributed by atoms with van der Waals surface area (Å²) in [5, 5.41) is 0. The van der Waals surface area contributed by atoms with E-state index in [2.05, 4.69) is 46.4 Å². The topological polar surface area (TPSA) is 29.3 Å². The van der Waals surface area contributed by atoms with Gasteiger partial charge in [0.15, 0.2) is 0 Å². The highest BCUT2D eigenvalue weighted by Crippen LogP contribution is 2.11. The molecule has 0 radical (unpaired) electrons. The third-order valence-corrected chi connectivity index (χ3v) is 3.89. The minimum absolute atomic E-state index is 0.328. The fraction of sp³-hybridized carbons (Fsp3) is 1.00. The average Bonchev–Trinajstić information content (AvgIpc) is 2.30. The molecule has 0 bridgehead atoms. The van der Waals surface area contributed by atoms with Crippen LogP contribution in [-0.4, -0.2) is 30.6 Å². The van der Waals surface area contributed by atoms with Gasteiger partial charge in [0.25, 0.3) is 0 Å². The van der Waals surface area contributed by atoms with Crippen LogP contribution in [0.25, 0.3) is 0 Å². The highest BCUT2D eigenvalue weighted by atomic mass is 15.1. The van der Waals surface area contributed by atoms with Crippen LogP contribution < -0.4 is 5.73 Å². The Morgan fingerprint density at radius 3 is 1.67 bits per heavy atom. The predicted molar refractivity (Wildman–Crippen MR) is 82.8 cm³/mol. The Hall–Kier alpha value is -0.0800. The van der Waals surface area contributed by atoms with Crippen molar-refractivity contribution < 1.29 is 0 Å². The van der Waals surface area contributed by atoms with E-state index in [0.29, 0.717) is 12.0 Å². The van der Waals surface area contributed by atoms with Crippen LogP contribution in [0.5, 0.6) is 0 Å². The lowest BCUT2D eigenvalue weighted by Gasteiger charge is -2.29. The van der Waals surface area contributed by atoms with Crippen LogP contribution in [0, 0.1) is 17.8 Å². The van der Waals surface area contributed by atoms with Crippen LogP contribution in [0.3, 0.4) is 0 Å². The Morgan fingerprint density at radius 2 is 1.33 bits per heavy atom. The molecular weight excluding hydrogens is 220 g/mol. The van der Waals surface area contributed by atoms with Crippen molar-refractivity contribution in [1.29, 1.82) is 0 Å². The molecule has 0 spiro atoms. The highest BCUT2D eigenvalue weighted by molar-refractivity contribution is 4.74. The monoisotopic (exact) mass is 256 g/mol.